The molecule has 12 nitrogen and oxygen atoms in total. The predicted molar refractivity (Wildman–Crippen MR) is 233 cm³/mol. The second-order valence-corrected chi connectivity index (χ2v) is 19.6. The first-order valence-corrected chi connectivity index (χ1v) is 21.5. The monoisotopic (exact) mass is 864 g/mol. The molecule has 0 N–H and O–H groups in total. The quantitative estimate of drug-likeness (QED) is 0.123. The third-order valence-corrected chi connectivity index (χ3v) is 11.2. The molecule has 0 radical (unpaired) electrons. The molecule has 4 aromatic carbocycles. The number of ether oxygens (including phenoxy) is 9. The van der Waals surface area contributed by atoms with Crippen LogP contribution in [0, 0.1) is 0 Å². The summed E-state index contributed by atoms with van der Waals surface area (Å²) in [7, 11) is 0. The Morgan fingerprint density at radius 3 is 0.730 bits per heavy atom. The molecule has 0 saturated heterocycles. The Morgan fingerprint density at radius 1 is 0.302 bits per heavy atom. The number of carbonyl (C=O) groups excluding carboxylic acids is 3. The summed E-state index contributed by atoms with van der Waals surface area (Å²) in [6.45, 7) is 18.3. The first-order valence-electron chi connectivity index (χ1n) is 21.5. The van der Waals surface area contributed by atoms with E-state index in [4.69, 9.17) is 42.6 Å². The molecule has 0 atom stereocenters. The van der Waals surface area contributed by atoms with Gasteiger partial charge >= 0.3 is 17.9 Å². The fourth-order valence-electron chi connectivity index (χ4n) is 7.67. The molecule has 4 aromatic rings. The van der Waals surface area contributed by atoms with Crippen molar-refractivity contribution in [1.29, 1.82) is 0 Å². The van der Waals surface area contributed by atoms with Gasteiger partial charge in [-0.15, -0.1) is 0 Å². The van der Waals surface area contributed by atoms with Crippen molar-refractivity contribution in [2.24, 2.45) is 0 Å². The Balaban J connectivity index is 1.48. The lowest BCUT2D eigenvalue weighted by atomic mass is 9.84. The van der Waals surface area contributed by atoms with Gasteiger partial charge in [0.05, 0.1) is 39.6 Å². The van der Waals surface area contributed by atoms with Gasteiger partial charge in [0.1, 0.15) is 37.1 Å². The van der Waals surface area contributed by atoms with Crippen molar-refractivity contribution < 1.29 is 57.0 Å². The van der Waals surface area contributed by atoms with Gasteiger partial charge in [0.2, 0.25) is 0 Å². The van der Waals surface area contributed by atoms with Gasteiger partial charge in [-0.3, -0.25) is 0 Å². The van der Waals surface area contributed by atoms with Crippen molar-refractivity contribution in [3.63, 3.8) is 0 Å². The Hall–Kier alpha value is -5.43. The fourth-order valence-corrected chi connectivity index (χ4v) is 7.67. The second-order valence-electron chi connectivity index (χ2n) is 19.6. The van der Waals surface area contributed by atoms with Crippen LogP contribution >= 0.6 is 0 Å². The number of rotatable bonds is 0. The summed E-state index contributed by atoms with van der Waals surface area (Å²) in [6.07, 6.45) is 0. The van der Waals surface area contributed by atoms with Crippen LogP contribution in [0.25, 0.3) is 0 Å². The Kier molecular flexibility index (Phi) is 13.6. The van der Waals surface area contributed by atoms with E-state index in [-0.39, 0.29) is 95.5 Å². The molecule has 336 valence electrons. The van der Waals surface area contributed by atoms with E-state index in [1.807, 2.05) is 36.4 Å². The highest BCUT2D eigenvalue weighted by atomic mass is 16.6. The highest BCUT2D eigenvalue weighted by molar-refractivity contribution is 5.72. The van der Waals surface area contributed by atoms with Gasteiger partial charge in [0.25, 0.3) is 0 Å². The molecule has 0 amide bonds. The smallest absolute Gasteiger partial charge is 0.344 e. The lowest BCUT2D eigenvalue weighted by Gasteiger charge is -2.26. The van der Waals surface area contributed by atoms with Crippen molar-refractivity contribution in [1.82, 2.24) is 0 Å². The van der Waals surface area contributed by atoms with Crippen LogP contribution in [0.1, 0.15) is 129 Å². The van der Waals surface area contributed by atoms with Crippen LogP contribution in [0.15, 0.2) is 54.6 Å². The van der Waals surface area contributed by atoms with Crippen LogP contribution in [0.5, 0.6) is 17.2 Å². The second kappa shape index (κ2) is 18.7. The van der Waals surface area contributed by atoms with Gasteiger partial charge in [-0.1, -0.05) is 62.3 Å². The van der Waals surface area contributed by atoms with Crippen molar-refractivity contribution in [3.8, 4) is 17.2 Å². The summed E-state index contributed by atoms with van der Waals surface area (Å²) in [4.78, 5) is 40.4. The van der Waals surface area contributed by atoms with Crippen LogP contribution in [0.3, 0.4) is 0 Å². The SMILES string of the molecule is CC(C)(C)c1cc2c3c(c1)COCc1cc(C(C)(C)C)cc4c1OCC(=O)OCc1cc(cc(c1)COC(=O)COc1c(cc(C(C)(C)C)cc1COC4)COC2)COC(=O)CO3. The molecule has 8 rings (SSSR count). The van der Waals surface area contributed by atoms with Crippen molar-refractivity contribution in [2.45, 2.75) is 138 Å². The molecule has 0 aliphatic carbocycles. The average molecular weight is 865 g/mol. The van der Waals surface area contributed by atoms with E-state index in [2.05, 4.69) is 62.3 Å². The number of esters is 3. The largest absolute Gasteiger partial charge is 0.481 e. The van der Waals surface area contributed by atoms with Crippen molar-refractivity contribution >= 4 is 17.9 Å². The third-order valence-electron chi connectivity index (χ3n) is 11.2. The Labute approximate surface area is 370 Å². The zero-order valence-corrected chi connectivity index (χ0v) is 38.1. The van der Waals surface area contributed by atoms with E-state index < -0.39 is 17.9 Å². The molecule has 12 heteroatoms. The van der Waals surface area contributed by atoms with E-state index in [0.29, 0.717) is 67.3 Å². The molecule has 0 unspecified atom stereocenters. The molecule has 0 aromatic heterocycles. The summed E-state index contributed by atoms with van der Waals surface area (Å²) < 4.78 is 56.2. The number of fused-ring (bicyclic) bond motifs is 18. The number of hydrogen-bond donors (Lipinski definition) is 0. The number of carbonyl (C=O) groups is 3. The first kappa shape index (κ1) is 45.6. The summed E-state index contributed by atoms with van der Waals surface area (Å²) >= 11 is 0. The van der Waals surface area contributed by atoms with Crippen molar-refractivity contribution in [2.75, 3.05) is 19.8 Å². The van der Waals surface area contributed by atoms with Gasteiger partial charge in [-0.05, 0) is 104 Å². The Bertz CT molecular complexity index is 2010. The maximum atomic E-state index is 13.5. The van der Waals surface area contributed by atoms with Gasteiger partial charge in [-0.2, -0.15) is 0 Å². The molecule has 4 aliphatic rings. The molecule has 12 bridgehead atoms. The first-order chi connectivity index (χ1) is 29.8. The van der Waals surface area contributed by atoms with E-state index in [0.717, 1.165) is 16.7 Å². The molecule has 0 spiro atoms. The van der Waals surface area contributed by atoms with E-state index in [9.17, 15) is 14.4 Å². The van der Waals surface area contributed by atoms with Crippen molar-refractivity contribution in [3.05, 3.63) is 121 Å². The minimum atomic E-state index is -0.597. The molecular weight excluding hydrogens is 805 g/mol. The van der Waals surface area contributed by atoms with Crippen LogP contribution in [-0.4, -0.2) is 37.7 Å². The van der Waals surface area contributed by atoms with Gasteiger partial charge in [-0.25, -0.2) is 14.4 Å². The number of benzene rings is 4. The lowest BCUT2D eigenvalue weighted by molar-refractivity contribution is -0.148. The van der Waals surface area contributed by atoms with E-state index >= 15 is 0 Å². The molecule has 4 heterocycles. The maximum absolute atomic E-state index is 13.5. The minimum Gasteiger partial charge on any atom is -0.481 e. The normalized spacial score (nSPS) is 17.2. The molecule has 0 fully saturated rings. The van der Waals surface area contributed by atoms with E-state index in [1.54, 1.807) is 18.2 Å². The molecule has 63 heavy (non-hydrogen) atoms. The van der Waals surface area contributed by atoms with Gasteiger partial charge in [0, 0.05) is 33.4 Å². The molecular formula is C51H60O12. The highest BCUT2D eigenvalue weighted by Crippen LogP contribution is 2.38. The summed E-state index contributed by atoms with van der Waals surface area (Å²) in [5.74, 6) is -0.431. The molecule has 0 saturated carbocycles. The third kappa shape index (κ3) is 11.6. The zero-order chi connectivity index (χ0) is 45.1. The highest BCUT2D eigenvalue weighted by Gasteiger charge is 2.27. The summed E-state index contributed by atoms with van der Waals surface area (Å²) in [6, 6.07) is 17.6. The van der Waals surface area contributed by atoms with E-state index in [1.165, 1.54) is 0 Å². The number of hydrogen-bond acceptors (Lipinski definition) is 12. The maximum Gasteiger partial charge on any atom is 0.344 e. The van der Waals surface area contributed by atoms with Crippen LogP contribution in [-0.2, 0) is 119 Å². The standard InChI is InChI=1S/C51H60O12/c1-49(2,3)40-13-34-22-55-24-36-15-41(50(4,5)6)17-38-26-57-27-39-18-42(51(7,8)9)16-37-25-56-23-35(14-40)46(34)61-28-43(52)58-19-31-10-32(20-59-44(53)29-62-47(36)38)12-33(11-31)21-60-45(54)30-63-48(37)39/h10-18H,19-30H2,1-9H3. The average Bonchev–Trinajstić information content (AvgIpc) is 3.20. The summed E-state index contributed by atoms with van der Waals surface area (Å²) in [5, 5.41) is 0. The Morgan fingerprint density at radius 2 is 0.524 bits per heavy atom. The van der Waals surface area contributed by atoms with Gasteiger partial charge < -0.3 is 42.6 Å². The van der Waals surface area contributed by atoms with Gasteiger partial charge in [0.15, 0.2) is 19.8 Å². The fraction of sp³-hybridized carbons (Fsp3) is 0.471. The summed E-state index contributed by atoms with van der Waals surface area (Å²) in [5.41, 5.74) is 8.27. The van der Waals surface area contributed by atoms with Crippen LogP contribution in [0.4, 0.5) is 0 Å². The predicted octanol–water partition coefficient (Wildman–Crippen LogP) is 9.04. The van der Waals surface area contributed by atoms with Crippen LogP contribution < -0.4 is 14.2 Å². The topological polar surface area (TPSA) is 134 Å². The minimum absolute atomic E-state index is 0.106. The lowest BCUT2D eigenvalue weighted by Crippen LogP contribution is -2.20. The molecule has 4 aliphatic heterocycles. The van der Waals surface area contributed by atoms with Crippen LogP contribution in [0.2, 0.25) is 0 Å². The zero-order valence-electron chi connectivity index (χ0n) is 38.1.